The summed E-state index contributed by atoms with van der Waals surface area (Å²) in [6.07, 6.45) is 2.98. The maximum atomic E-state index is 11.5. The van der Waals surface area contributed by atoms with Crippen molar-refractivity contribution in [2.24, 2.45) is 0 Å². The van der Waals surface area contributed by atoms with E-state index in [0.29, 0.717) is 25.5 Å². The van der Waals surface area contributed by atoms with Crippen LogP contribution in [-0.4, -0.2) is 37.2 Å². The average molecular weight is 227 g/mol. The SMILES string of the molecule is COCCNC(=O)C(C)NCc1cnco1. The summed E-state index contributed by atoms with van der Waals surface area (Å²) in [5.41, 5.74) is 0. The van der Waals surface area contributed by atoms with Crippen molar-refractivity contribution in [3.05, 3.63) is 18.4 Å². The second-order valence-electron chi connectivity index (χ2n) is 3.35. The summed E-state index contributed by atoms with van der Waals surface area (Å²) >= 11 is 0. The minimum absolute atomic E-state index is 0.0587. The molecule has 0 saturated carbocycles. The van der Waals surface area contributed by atoms with Crippen LogP contribution in [-0.2, 0) is 16.1 Å². The van der Waals surface area contributed by atoms with Gasteiger partial charge in [-0.05, 0) is 6.92 Å². The molecule has 0 saturated heterocycles. The predicted molar refractivity (Wildman–Crippen MR) is 57.7 cm³/mol. The maximum Gasteiger partial charge on any atom is 0.236 e. The Hall–Kier alpha value is -1.40. The first kappa shape index (κ1) is 12.7. The Kier molecular flexibility index (Phi) is 5.52. The molecule has 0 bridgehead atoms. The van der Waals surface area contributed by atoms with Gasteiger partial charge in [0.25, 0.3) is 0 Å². The fourth-order valence-corrected chi connectivity index (χ4v) is 1.11. The molecule has 1 amide bonds. The van der Waals surface area contributed by atoms with Crippen LogP contribution in [0.25, 0.3) is 0 Å². The van der Waals surface area contributed by atoms with Crippen LogP contribution in [0, 0.1) is 0 Å². The molecule has 6 heteroatoms. The molecule has 2 N–H and O–H groups in total. The zero-order valence-electron chi connectivity index (χ0n) is 9.53. The molecule has 1 unspecified atom stereocenters. The van der Waals surface area contributed by atoms with Gasteiger partial charge in [0.15, 0.2) is 6.39 Å². The third-order valence-electron chi connectivity index (χ3n) is 2.06. The van der Waals surface area contributed by atoms with Gasteiger partial charge in [0.1, 0.15) is 5.76 Å². The summed E-state index contributed by atoms with van der Waals surface area (Å²) in [5, 5.41) is 5.77. The van der Waals surface area contributed by atoms with Crippen molar-refractivity contribution in [3.63, 3.8) is 0 Å². The number of nitrogens with one attached hydrogen (secondary N) is 2. The highest BCUT2D eigenvalue weighted by molar-refractivity contribution is 5.81. The first-order valence-corrected chi connectivity index (χ1v) is 5.11. The molecular formula is C10H17N3O3. The number of hydrogen-bond acceptors (Lipinski definition) is 5. The van der Waals surface area contributed by atoms with Gasteiger partial charge in [0.2, 0.25) is 5.91 Å². The zero-order chi connectivity index (χ0) is 11.8. The van der Waals surface area contributed by atoms with Crippen molar-refractivity contribution >= 4 is 5.91 Å². The van der Waals surface area contributed by atoms with Crippen molar-refractivity contribution in [1.29, 1.82) is 0 Å². The van der Waals surface area contributed by atoms with Gasteiger partial charge in [0, 0.05) is 13.7 Å². The van der Waals surface area contributed by atoms with Crippen molar-refractivity contribution in [1.82, 2.24) is 15.6 Å². The highest BCUT2D eigenvalue weighted by atomic mass is 16.5. The van der Waals surface area contributed by atoms with E-state index in [2.05, 4.69) is 15.6 Å². The quantitative estimate of drug-likeness (QED) is 0.637. The molecule has 0 aliphatic rings. The summed E-state index contributed by atoms with van der Waals surface area (Å²) in [5.74, 6) is 0.646. The smallest absolute Gasteiger partial charge is 0.236 e. The molecule has 16 heavy (non-hydrogen) atoms. The van der Waals surface area contributed by atoms with Crippen molar-refractivity contribution < 1.29 is 13.9 Å². The van der Waals surface area contributed by atoms with Gasteiger partial charge in [-0.2, -0.15) is 0 Å². The van der Waals surface area contributed by atoms with Gasteiger partial charge in [-0.15, -0.1) is 0 Å². The molecule has 1 aromatic rings. The molecule has 0 aliphatic heterocycles. The van der Waals surface area contributed by atoms with Crippen molar-refractivity contribution in [2.75, 3.05) is 20.3 Å². The Morgan fingerprint density at radius 3 is 3.12 bits per heavy atom. The normalized spacial score (nSPS) is 12.4. The highest BCUT2D eigenvalue weighted by Crippen LogP contribution is 1.96. The lowest BCUT2D eigenvalue weighted by atomic mass is 10.3. The van der Waals surface area contributed by atoms with Gasteiger partial charge in [-0.25, -0.2) is 4.98 Å². The number of carbonyl (C=O) groups is 1. The third kappa shape index (κ3) is 4.41. The number of carbonyl (C=O) groups excluding carboxylic acids is 1. The number of oxazole rings is 1. The van der Waals surface area contributed by atoms with Gasteiger partial charge in [-0.3, -0.25) is 10.1 Å². The fraction of sp³-hybridized carbons (Fsp3) is 0.600. The van der Waals surface area contributed by atoms with Crippen LogP contribution < -0.4 is 10.6 Å². The van der Waals surface area contributed by atoms with Gasteiger partial charge < -0.3 is 14.5 Å². The lowest BCUT2D eigenvalue weighted by Crippen LogP contribution is -2.42. The number of ether oxygens (including phenoxy) is 1. The Labute approximate surface area is 94.4 Å². The molecule has 6 nitrogen and oxygen atoms in total. The molecule has 1 aromatic heterocycles. The number of rotatable bonds is 7. The van der Waals surface area contributed by atoms with Gasteiger partial charge in [-0.1, -0.05) is 0 Å². The third-order valence-corrected chi connectivity index (χ3v) is 2.06. The molecule has 0 aliphatic carbocycles. The standard InChI is InChI=1S/C10H17N3O3/c1-8(10(14)12-3-4-15-2)13-6-9-5-11-7-16-9/h5,7-8,13H,3-4,6H2,1-2H3,(H,12,14). The fourth-order valence-electron chi connectivity index (χ4n) is 1.11. The summed E-state index contributed by atoms with van der Waals surface area (Å²) in [7, 11) is 1.59. The molecule has 90 valence electrons. The maximum absolute atomic E-state index is 11.5. The Balaban J connectivity index is 2.18. The van der Waals surface area contributed by atoms with Crippen LogP contribution in [0.15, 0.2) is 17.0 Å². The molecular weight excluding hydrogens is 210 g/mol. The number of amides is 1. The van der Waals surface area contributed by atoms with Crippen LogP contribution in [0.1, 0.15) is 12.7 Å². The Morgan fingerprint density at radius 1 is 1.69 bits per heavy atom. The lowest BCUT2D eigenvalue weighted by molar-refractivity contribution is -0.123. The van der Waals surface area contributed by atoms with E-state index in [0.717, 1.165) is 0 Å². The van der Waals surface area contributed by atoms with Crippen LogP contribution in [0.4, 0.5) is 0 Å². The van der Waals surface area contributed by atoms with Crippen LogP contribution in [0.5, 0.6) is 0 Å². The second-order valence-corrected chi connectivity index (χ2v) is 3.35. The van der Waals surface area contributed by atoms with E-state index >= 15 is 0 Å². The number of methoxy groups -OCH3 is 1. The van der Waals surface area contributed by atoms with E-state index < -0.39 is 0 Å². The lowest BCUT2D eigenvalue weighted by Gasteiger charge is -2.12. The second kappa shape index (κ2) is 6.97. The first-order valence-electron chi connectivity index (χ1n) is 5.11. The van der Waals surface area contributed by atoms with E-state index in [9.17, 15) is 4.79 Å². The summed E-state index contributed by atoms with van der Waals surface area (Å²) < 4.78 is 9.87. The van der Waals surface area contributed by atoms with Gasteiger partial charge >= 0.3 is 0 Å². The number of nitrogens with zero attached hydrogens (tertiary/aromatic N) is 1. The molecule has 0 aromatic carbocycles. The molecule has 0 fully saturated rings. The van der Waals surface area contributed by atoms with E-state index in [-0.39, 0.29) is 11.9 Å². The monoisotopic (exact) mass is 227 g/mol. The van der Waals surface area contributed by atoms with Crippen LogP contribution in [0.2, 0.25) is 0 Å². The number of aromatic nitrogens is 1. The molecule has 1 atom stereocenters. The Bertz CT molecular complexity index is 300. The molecule has 1 rings (SSSR count). The topological polar surface area (TPSA) is 76.4 Å². The highest BCUT2D eigenvalue weighted by Gasteiger charge is 2.11. The van der Waals surface area contributed by atoms with E-state index in [4.69, 9.17) is 9.15 Å². The minimum atomic E-state index is -0.276. The molecule has 0 radical (unpaired) electrons. The predicted octanol–water partition coefficient (Wildman–Crippen LogP) is -0.0847. The van der Waals surface area contributed by atoms with E-state index in [1.807, 2.05) is 0 Å². The summed E-state index contributed by atoms with van der Waals surface area (Å²) in [4.78, 5) is 15.3. The zero-order valence-corrected chi connectivity index (χ0v) is 9.53. The average Bonchev–Trinajstić information content (AvgIpc) is 2.79. The van der Waals surface area contributed by atoms with E-state index in [1.165, 1.54) is 6.39 Å². The minimum Gasteiger partial charge on any atom is -0.447 e. The van der Waals surface area contributed by atoms with Crippen molar-refractivity contribution in [2.45, 2.75) is 19.5 Å². The van der Waals surface area contributed by atoms with Gasteiger partial charge in [0.05, 0.1) is 25.4 Å². The Morgan fingerprint density at radius 2 is 2.50 bits per heavy atom. The molecule has 1 heterocycles. The summed E-state index contributed by atoms with van der Waals surface area (Å²) in [6.45, 7) is 3.31. The van der Waals surface area contributed by atoms with Crippen LogP contribution >= 0.6 is 0 Å². The van der Waals surface area contributed by atoms with E-state index in [1.54, 1.807) is 20.2 Å². The largest absolute Gasteiger partial charge is 0.447 e. The summed E-state index contributed by atoms with van der Waals surface area (Å²) in [6, 6.07) is -0.276. The number of hydrogen-bond donors (Lipinski definition) is 2. The molecule has 0 spiro atoms. The van der Waals surface area contributed by atoms with Crippen molar-refractivity contribution in [3.8, 4) is 0 Å². The van der Waals surface area contributed by atoms with Crippen LogP contribution in [0.3, 0.4) is 0 Å². The first-order chi connectivity index (χ1) is 7.74.